The number of nitrogens with one attached hydrogen (secondary N) is 1. The Morgan fingerprint density at radius 2 is 1.84 bits per heavy atom. The predicted molar refractivity (Wildman–Crippen MR) is 73.5 cm³/mol. The average molecular weight is 257 g/mol. The molecule has 0 fully saturated rings. The Balaban J connectivity index is 2.07. The molecule has 3 heteroatoms. The molecule has 0 bridgehead atoms. The number of hydrogen-bond acceptors (Lipinski definition) is 1. The van der Waals surface area contributed by atoms with Gasteiger partial charge in [0.25, 0.3) is 5.91 Å². The van der Waals surface area contributed by atoms with Crippen LogP contribution in [-0.4, -0.2) is 5.91 Å². The van der Waals surface area contributed by atoms with Gasteiger partial charge >= 0.3 is 0 Å². The number of benzene rings is 2. The van der Waals surface area contributed by atoms with Crippen molar-refractivity contribution in [1.29, 1.82) is 0 Å². The number of amides is 1. The van der Waals surface area contributed by atoms with Crippen LogP contribution in [0.2, 0.25) is 0 Å². The van der Waals surface area contributed by atoms with Gasteiger partial charge in [-0.1, -0.05) is 41.5 Å². The van der Waals surface area contributed by atoms with Crippen molar-refractivity contribution >= 4 is 5.91 Å². The molecule has 0 aliphatic heterocycles. The lowest BCUT2D eigenvalue weighted by Crippen LogP contribution is -2.24. The van der Waals surface area contributed by atoms with Crippen molar-refractivity contribution in [2.24, 2.45) is 0 Å². The van der Waals surface area contributed by atoms with Crippen molar-refractivity contribution < 1.29 is 9.18 Å². The third-order valence-electron chi connectivity index (χ3n) is 2.90. The molecule has 2 aromatic rings. The Bertz CT molecular complexity index is 607. The van der Waals surface area contributed by atoms with Gasteiger partial charge in [0.15, 0.2) is 0 Å². The highest BCUT2D eigenvalue weighted by molar-refractivity contribution is 5.94. The summed E-state index contributed by atoms with van der Waals surface area (Å²) in [6.45, 7) is 4.22. The van der Waals surface area contributed by atoms with Gasteiger partial charge in [-0.3, -0.25) is 4.79 Å². The summed E-state index contributed by atoms with van der Waals surface area (Å²) in [5.41, 5.74) is 3.09. The van der Waals surface area contributed by atoms with E-state index in [1.165, 1.54) is 6.07 Å². The molecule has 0 aliphatic carbocycles. The summed E-state index contributed by atoms with van der Waals surface area (Å²) in [7, 11) is 0. The molecule has 2 aromatic carbocycles. The fraction of sp³-hybridized carbons (Fsp3) is 0.188. The van der Waals surface area contributed by atoms with Crippen LogP contribution < -0.4 is 5.32 Å². The van der Waals surface area contributed by atoms with E-state index in [9.17, 15) is 9.18 Å². The normalized spacial score (nSPS) is 10.3. The molecule has 2 rings (SSSR count). The first-order chi connectivity index (χ1) is 9.06. The SMILES string of the molecule is Cc1cccc(CNC(=O)c2cc(C)ccc2F)c1. The Labute approximate surface area is 112 Å². The molecule has 1 amide bonds. The van der Waals surface area contributed by atoms with Gasteiger partial charge in [0.05, 0.1) is 5.56 Å². The quantitative estimate of drug-likeness (QED) is 0.897. The molecule has 1 N–H and O–H groups in total. The van der Waals surface area contributed by atoms with Crippen molar-refractivity contribution in [3.63, 3.8) is 0 Å². The van der Waals surface area contributed by atoms with Crippen LogP contribution in [0.25, 0.3) is 0 Å². The van der Waals surface area contributed by atoms with Gasteiger partial charge in [-0.2, -0.15) is 0 Å². The fourth-order valence-electron chi connectivity index (χ4n) is 1.91. The van der Waals surface area contributed by atoms with Crippen LogP contribution in [0.4, 0.5) is 4.39 Å². The van der Waals surface area contributed by atoms with Gasteiger partial charge in [-0.15, -0.1) is 0 Å². The molecular formula is C16H16FNO. The molecular weight excluding hydrogens is 241 g/mol. The molecule has 0 radical (unpaired) electrons. The Morgan fingerprint density at radius 1 is 1.11 bits per heavy atom. The molecule has 0 aliphatic rings. The monoisotopic (exact) mass is 257 g/mol. The van der Waals surface area contributed by atoms with E-state index >= 15 is 0 Å². The molecule has 19 heavy (non-hydrogen) atoms. The summed E-state index contributed by atoms with van der Waals surface area (Å²) < 4.78 is 13.5. The molecule has 2 nitrogen and oxygen atoms in total. The summed E-state index contributed by atoms with van der Waals surface area (Å²) >= 11 is 0. The number of halogens is 1. The van der Waals surface area contributed by atoms with Gasteiger partial charge in [-0.05, 0) is 31.5 Å². The number of carbonyl (C=O) groups is 1. The Morgan fingerprint density at radius 3 is 2.58 bits per heavy atom. The second-order valence-corrected chi connectivity index (χ2v) is 4.66. The van der Waals surface area contributed by atoms with E-state index in [-0.39, 0.29) is 11.5 Å². The van der Waals surface area contributed by atoms with E-state index in [2.05, 4.69) is 5.32 Å². The zero-order valence-electron chi connectivity index (χ0n) is 11.0. The number of aryl methyl sites for hydroxylation is 2. The first kappa shape index (κ1) is 13.3. The fourth-order valence-corrected chi connectivity index (χ4v) is 1.91. The predicted octanol–water partition coefficient (Wildman–Crippen LogP) is 3.37. The van der Waals surface area contributed by atoms with Crippen LogP contribution >= 0.6 is 0 Å². The second-order valence-electron chi connectivity index (χ2n) is 4.66. The van der Waals surface area contributed by atoms with Crippen molar-refractivity contribution in [2.75, 3.05) is 0 Å². The van der Waals surface area contributed by atoms with E-state index < -0.39 is 5.82 Å². The average Bonchev–Trinajstić information content (AvgIpc) is 2.39. The lowest BCUT2D eigenvalue weighted by molar-refractivity contribution is 0.0947. The maximum Gasteiger partial charge on any atom is 0.254 e. The number of rotatable bonds is 3. The second kappa shape index (κ2) is 5.65. The lowest BCUT2D eigenvalue weighted by Gasteiger charge is -2.07. The van der Waals surface area contributed by atoms with Gasteiger partial charge < -0.3 is 5.32 Å². The topological polar surface area (TPSA) is 29.1 Å². The minimum absolute atomic E-state index is 0.0904. The highest BCUT2D eigenvalue weighted by Gasteiger charge is 2.11. The molecule has 0 saturated carbocycles. The van der Waals surface area contributed by atoms with Gasteiger partial charge in [0.1, 0.15) is 5.82 Å². The van der Waals surface area contributed by atoms with Crippen molar-refractivity contribution in [2.45, 2.75) is 20.4 Å². The third kappa shape index (κ3) is 3.41. The molecule has 0 heterocycles. The maximum atomic E-state index is 13.5. The van der Waals surface area contributed by atoms with Gasteiger partial charge in [-0.25, -0.2) is 4.39 Å². The van der Waals surface area contributed by atoms with E-state index in [0.717, 1.165) is 16.7 Å². The summed E-state index contributed by atoms with van der Waals surface area (Å²) in [4.78, 5) is 11.9. The zero-order valence-corrected chi connectivity index (χ0v) is 11.0. The lowest BCUT2D eigenvalue weighted by atomic mass is 10.1. The number of hydrogen-bond donors (Lipinski definition) is 1. The van der Waals surface area contributed by atoms with Gasteiger partial charge in [0, 0.05) is 6.54 Å². The van der Waals surface area contributed by atoms with Crippen molar-refractivity contribution in [3.05, 3.63) is 70.5 Å². The largest absolute Gasteiger partial charge is 0.348 e. The van der Waals surface area contributed by atoms with Crippen LogP contribution in [0.1, 0.15) is 27.0 Å². The zero-order chi connectivity index (χ0) is 13.8. The van der Waals surface area contributed by atoms with Crippen LogP contribution in [0.5, 0.6) is 0 Å². The Hall–Kier alpha value is -2.16. The minimum atomic E-state index is -0.493. The summed E-state index contributed by atoms with van der Waals surface area (Å²) in [6, 6.07) is 12.4. The van der Waals surface area contributed by atoms with Gasteiger partial charge in [0.2, 0.25) is 0 Å². The van der Waals surface area contributed by atoms with Crippen LogP contribution in [0.15, 0.2) is 42.5 Å². The maximum absolute atomic E-state index is 13.5. The summed E-state index contributed by atoms with van der Waals surface area (Å²) in [6.07, 6.45) is 0. The minimum Gasteiger partial charge on any atom is -0.348 e. The van der Waals surface area contributed by atoms with Crippen LogP contribution in [0, 0.1) is 19.7 Å². The van der Waals surface area contributed by atoms with Crippen molar-refractivity contribution in [3.8, 4) is 0 Å². The molecule has 0 saturated heterocycles. The molecule has 0 aromatic heterocycles. The molecule has 98 valence electrons. The smallest absolute Gasteiger partial charge is 0.254 e. The Kier molecular flexibility index (Phi) is 3.95. The van der Waals surface area contributed by atoms with E-state index in [1.54, 1.807) is 12.1 Å². The van der Waals surface area contributed by atoms with E-state index in [0.29, 0.717) is 6.54 Å². The molecule has 0 atom stereocenters. The standard InChI is InChI=1S/C16H16FNO/c1-11-4-3-5-13(8-11)10-18-16(19)14-9-12(2)6-7-15(14)17/h3-9H,10H2,1-2H3,(H,18,19). The molecule has 0 spiro atoms. The van der Waals surface area contributed by atoms with Crippen LogP contribution in [0.3, 0.4) is 0 Å². The molecule has 0 unspecified atom stereocenters. The third-order valence-corrected chi connectivity index (χ3v) is 2.90. The first-order valence-electron chi connectivity index (χ1n) is 6.16. The summed E-state index contributed by atoms with van der Waals surface area (Å²) in [5, 5.41) is 2.73. The number of carbonyl (C=O) groups excluding carboxylic acids is 1. The highest BCUT2D eigenvalue weighted by Crippen LogP contribution is 2.10. The first-order valence-corrected chi connectivity index (χ1v) is 6.16. The highest BCUT2D eigenvalue weighted by atomic mass is 19.1. The summed E-state index contributed by atoms with van der Waals surface area (Å²) in [5.74, 6) is -0.880. The van der Waals surface area contributed by atoms with E-state index in [4.69, 9.17) is 0 Å². The van der Waals surface area contributed by atoms with Crippen molar-refractivity contribution in [1.82, 2.24) is 5.32 Å². The van der Waals surface area contributed by atoms with Crippen LogP contribution in [-0.2, 0) is 6.54 Å². The van der Waals surface area contributed by atoms with E-state index in [1.807, 2.05) is 38.1 Å².